The Morgan fingerprint density at radius 1 is 0.643 bits per heavy atom. The molecule has 0 spiro atoms. The summed E-state index contributed by atoms with van der Waals surface area (Å²) in [4.78, 5) is 0. The maximum atomic E-state index is 5.95. The molecule has 2 fully saturated rings. The van der Waals surface area contributed by atoms with Gasteiger partial charge in [0.25, 0.3) is 0 Å². The smallest absolute Gasteiger partial charge is 0.119 e. The lowest BCUT2D eigenvalue weighted by Crippen LogP contribution is -2.17. The lowest BCUT2D eigenvalue weighted by molar-refractivity contribution is 0.215. The minimum absolute atomic E-state index is 0.836. The number of hydrogen-bond donors (Lipinski definition) is 0. The number of benzene rings is 1. The molecule has 2 aliphatic carbocycles. The van der Waals surface area contributed by atoms with Gasteiger partial charge in [0.1, 0.15) is 11.5 Å². The summed E-state index contributed by atoms with van der Waals surface area (Å²) in [5.41, 5.74) is 0. The first-order valence-electron chi connectivity index (χ1n) is 12.1. The van der Waals surface area contributed by atoms with Gasteiger partial charge in [-0.25, -0.2) is 0 Å². The van der Waals surface area contributed by atoms with Gasteiger partial charge in [-0.3, -0.25) is 0 Å². The standard InChI is InChI=1S/C26H42O2/c1-21-9-3-5-11-23(21)13-7-19-27-25-15-17-26(18-16-25)28-20-8-14-24-12-6-4-10-22(24)2/h15-18,21-24H,3-14,19-20H2,1-2H3. The van der Waals surface area contributed by atoms with E-state index in [-0.39, 0.29) is 0 Å². The molecule has 0 bridgehead atoms. The minimum Gasteiger partial charge on any atom is -0.494 e. The largest absolute Gasteiger partial charge is 0.494 e. The molecule has 1 aromatic rings. The number of hydrogen-bond acceptors (Lipinski definition) is 2. The van der Waals surface area contributed by atoms with Crippen LogP contribution in [-0.2, 0) is 0 Å². The van der Waals surface area contributed by atoms with Crippen LogP contribution in [0.2, 0.25) is 0 Å². The molecule has 0 aromatic heterocycles. The Kier molecular flexibility index (Phi) is 9.02. The van der Waals surface area contributed by atoms with E-state index in [2.05, 4.69) is 38.1 Å². The molecule has 0 heterocycles. The van der Waals surface area contributed by atoms with Crippen LogP contribution in [0.5, 0.6) is 11.5 Å². The van der Waals surface area contributed by atoms with Crippen molar-refractivity contribution in [2.45, 2.75) is 90.9 Å². The molecule has 4 atom stereocenters. The third-order valence-electron chi connectivity index (χ3n) is 7.38. The SMILES string of the molecule is CC1CCCCC1CCCOc1ccc(OCCCC2CCCCC2C)cc1. The Bertz CT molecular complexity index is 489. The van der Waals surface area contributed by atoms with Crippen molar-refractivity contribution in [3.63, 3.8) is 0 Å². The lowest BCUT2D eigenvalue weighted by Gasteiger charge is -2.28. The van der Waals surface area contributed by atoms with Crippen molar-refractivity contribution in [3.05, 3.63) is 24.3 Å². The van der Waals surface area contributed by atoms with Crippen molar-refractivity contribution >= 4 is 0 Å². The highest BCUT2D eigenvalue weighted by Gasteiger charge is 2.21. The van der Waals surface area contributed by atoms with Gasteiger partial charge in [-0.05, 0) is 73.6 Å². The van der Waals surface area contributed by atoms with E-state index in [0.717, 1.165) is 48.4 Å². The molecule has 158 valence electrons. The van der Waals surface area contributed by atoms with Gasteiger partial charge in [-0.1, -0.05) is 65.2 Å². The first-order chi connectivity index (χ1) is 13.7. The molecule has 3 rings (SSSR count). The summed E-state index contributed by atoms with van der Waals surface area (Å²) in [6.07, 6.45) is 16.4. The molecule has 0 saturated heterocycles. The van der Waals surface area contributed by atoms with Gasteiger partial charge in [-0.15, -0.1) is 0 Å². The Morgan fingerprint density at radius 3 is 1.43 bits per heavy atom. The van der Waals surface area contributed by atoms with Gasteiger partial charge in [0.15, 0.2) is 0 Å². The van der Waals surface area contributed by atoms with Crippen LogP contribution in [0.3, 0.4) is 0 Å². The van der Waals surface area contributed by atoms with Crippen LogP contribution in [0.4, 0.5) is 0 Å². The molecule has 28 heavy (non-hydrogen) atoms. The van der Waals surface area contributed by atoms with Gasteiger partial charge in [0.2, 0.25) is 0 Å². The summed E-state index contributed by atoms with van der Waals surface area (Å²) in [6.45, 7) is 6.53. The van der Waals surface area contributed by atoms with Crippen molar-refractivity contribution in [1.29, 1.82) is 0 Å². The summed E-state index contributed by atoms with van der Waals surface area (Å²) in [6, 6.07) is 8.23. The van der Waals surface area contributed by atoms with Gasteiger partial charge >= 0.3 is 0 Å². The van der Waals surface area contributed by atoms with Gasteiger partial charge in [0.05, 0.1) is 13.2 Å². The molecular weight excluding hydrogens is 344 g/mol. The molecule has 1 aromatic carbocycles. The molecule has 0 radical (unpaired) electrons. The maximum absolute atomic E-state index is 5.95. The van der Waals surface area contributed by atoms with Crippen molar-refractivity contribution in [3.8, 4) is 11.5 Å². The average Bonchev–Trinajstić information content (AvgIpc) is 2.72. The Labute approximate surface area is 173 Å². The topological polar surface area (TPSA) is 18.5 Å². The Hall–Kier alpha value is -1.18. The van der Waals surface area contributed by atoms with E-state index < -0.39 is 0 Å². The third-order valence-corrected chi connectivity index (χ3v) is 7.38. The molecule has 2 heteroatoms. The van der Waals surface area contributed by atoms with Crippen molar-refractivity contribution < 1.29 is 9.47 Å². The van der Waals surface area contributed by atoms with E-state index in [0.29, 0.717) is 0 Å². The van der Waals surface area contributed by atoms with Crippen LogP contribution in [0.15, 0.2) is 24.3 Å². The van der Waals surface area contributed by atoms with E-state index in [1.54, 1.807) is 0 Å². The zero-order valence-electron chi connectivity index (χ0n) is 18.3. The molecule has 0 N–H and O–H groups in total. The van der Waals surface area contributed by atoms with E-state index in [1.807, 2.05) is 0 Å². The van der Waals surface area contributed by atoms with E-state index >= 15 is 0 Å². The van der Waals surface area contributed by atoms with Gasteiger partial charge in [0, 0.05) is 0 Å². The number of ether oxygens (including phenoxy) is 2. The molecule has 2 nitrogen and oxygen atoms in total. The minimum atomic E-state index is 0.836. The fourth-order valence-corrected chi connectivity index (χ4v) is 5.35. The molecule has 2 saturated carbocycles. The Balaban J connectivity index is 1.27. The molecular formula is C26H42O2. The number of rotatable bonds is 10. The molecule has 0 amide bonds. The summed E-state index contributed by atoms with van der Waals surface area (Å²) < 4.78 is 11.9. The highest BCUT2D eigenvalue weighted by atomic mass is 16.5. The summed E-state index contributed by atoms with van der Waals surface area (Å²) in [5.74, 6) is 5.60. The second kappa shape index (κ2) is 11.7. The van der Waals surface area contributed by atoms with E-state index in [1.165, 1.54) is 77.0 Å². The van der Waals surface area contributed by atoms with Gasteiger partial charge < -0.3 is 9.47 Å². The third kappa shape index (κ3) is 7.01. The highest BCUT2D eigenvalue weighted by molar-refractivity contribution is 5.31. The first kappa shape index (κ1) is 21.5. The van der Waals surface area contributed by atoms with Crippen LogP contribution in [0.25, 0.3) is 0 Å². The second-order valence-corrected chi connectivity index (χ2v) is 9.50. The molecule has 4 unspecified atom stereocenters. The first-order valence-corrected chi connectivity index (χ1v) is 12.1. The van der Waals surface area contributed by atoms with Crippen LogP contribution >= 0.6 is 0 Å². The van der Waals surface area contributed by atoms with E-state index in [9.17, 15) is 0 Å². The van der Waals surface area contributed by atoms with Crippen LogP contribution in [0, 0.1) is 23.7 Å². The van der Waals surface area contributed by atoms with Crippen LogP contribution < -0.4 is 9.47 Å². The van der Waals surface area contributed by atoms with E-state index in [4.69, 9.17) is 9.47 Å². The molecule has 0 aliphatic heterocycles. The predicted molar refractivity (Wildman–Crippen MR) is 118 cm³/mol. The van der Waals surface area contributed by atoms with Crippen LogP contribution in [0.1, 0.15) is 90.9 Å². The van der Waals surface area contributed by atoms with Crippen molar-refractivity contribution in [2.75, 3.05) is 13.2 Å². The summed E-state index contributed by atoms with van der Waals surface area (Å²) in [7, 11) is 0. The monoisotopic (exact) mass is 386 g/mol. The predicted octanol–water partition coefficient (Wildman–Crippen LogP) is 7.66. The zero-order valence-corrected chi connectivity index (χ0v) is 18.3. The quantitative estimate of drug-likeness (QED) is 0.384. The zero-order chi connectivity index (χ0) is 19.6. The van der Waals surface area contributed by atoms with Gasteiger partial charge in [-0.2, -0.15) is 0 Å². The van der Waals surface area contributed by atoms with Crippen molar-refractivity contribution in [1.82, 2.24) is 0 Å². The fourth-order valence-electron chi connectivity index (χ4n) is 5.35. The summed E-state index contributed by atoms with van der Waals surface area (Å²) >= 11 is 0. The van der Waals surface area contributed by atoms with Crippen LogP contribution in [-0.4, -0.2) is 13.2 Å². The normalized spacial score (nSPS) is 28.1. The maximum Gasteiger partial charge on any atom is 0.119 e. The summed E-state index contributed by atoms with van der Waals surface area (Å²) in [5, 5.41) is 0. The highest BCUT2D eigenvalue weighted by Crippen LogP contribution is 2.33. The Morgan fingerprint density at radius 2 is 1.04 bits per heavy atom. The second-order valence-electron chi connectivity index (χ2n) is 9.50. The average molecular weight is 387 g/mol. The molecule has 2 aliphatic rings. The fraction of sp³-hybridized carbons (Fsp3) is 0.769. The van der Waals surface area contributed by atoms with Crippen molar-refractivity contribution in [2.24, 2.45) is 23.7 Å². The lowest BCUT2D eigenvalue weighted by atomic mass is 9.78.